The Morgan fingerprint density at radius 1 is 0.925 bits per heavy atom. The van der Waals surface area contributed by atoms with E-state index in [1.54, 1.807) is 44.2 Å². The summed E-state index contributed by atoms with van der Waals surface area (Å²) in [4.78, 5) is 28.8. The highest BCUT2D eigenvalue weighted by molar-refractivity contribution is 7.92. The molecule has 3 rings (SSSR count). The Bertz CT molecular complexity index is 1460. The van der Waals surface area contributed by atoms with Gasteiger partial charge < -0.3 is 10.2 Å². The summed E-state index contributed by atoms with van der Waals surface area (Å²) in [5.41, 5.74) is 3.57. The van der Waals surface area contributed by atoms with Crippen molar-refractivity contribution in [1.29, 1.82) is 0 Å². The molecule has 0 unspecified atom stereocenters. The zero-order chi connectivity index (χ0) is 29.6. The summed E-state index contributed by atoms with van der Waals surface area (Å²) in [6, 6.07) is 18.1. The number of nitrogens with zero attached hydrogens (tertiary/aromatic N) is 2. The van der Waals surface area contributed by atoms with E-state index >= 15 is 0 Å². The molecule has 0 heterocycles. The van der Waals surface area contributed by atoms with Crippen LogP contribution >= 0.6 is 11.6 Å². The van der Waals surface area contributed by atoms with Crippen LogP contribution in [0.25, 0.3) is 0 Å². The number of halogens is 1. The number of sulfonamides is 1. The van der Waals surface area contributed by atoms with E-state index in [2.05, 4.69) is 5.32 Å². The van der Waals surface area contributed by atoms with Crippen molar-refractivity contribution >= 4 is 39.1 Å². The smallest absolute Gasteiger partial charge is 0.264 e. The van der Waals surface area contributed by atoms with E-state index in [0.29, 0.717) is 16.3 Å². The molecule has 0 fully saturated rings. The number of anilines is 1. The molecule has 0 aromatic heterocycles. The van der Waals surface area contributed by atoms with Crippen molar-refractivity contribution in [2.24, 2.45) is 0 Å². The lowest BCUT2D eigenvalue weighted by molar-refractivity contribution is -0.139. The highest BCUT2D eigenvalue weighted by Crippen LogP contribution is 2.31. The first-order valence-electron chi connectivity index (χ1n) is 13.4. The van der Waals surface area contributed by atoms with E-state index in [1.165, 1.54) is 17.0 Å². The van der Waals surface area contributed by atoms with Crippen molar-refractivity contribution < 1.29 is 18.0 Å². The first-order chi connectivity index (χ1) is 18.9. The van der Waals surface area contributed by atoms with Gasteiger partial charge in [-0.2, -0.15) is 0 Å². The number of nitrogens with one attached hydrogen (secondary N) is 1. The second-order valence-corrected chi connectivity index (χ2v) is 12.4. The number of hydrogen-bond donors (Lipinski definition) is 1. The normalized spacial score (nSPS) is 12.9. The lowest BCUT2D eigenvalue weighted by atomic mass is 10.1. The number of rotatable bonds is 11. The lowest BCUT2D eigenvalue weighted by Gasteiger charge is -2.33. The molecule has 40 heavy (non-hydrogen) atoms. The number of carbonyl (C=O) groups is 2. The molecule has 0 aliphatic carbocycles. The fourth-order valence-corrected chi connectivity index (χ4v) is 5.88. The van der Waals surface area contributed by atoms with Crippen LogP contribution in [0.2, 0.25) is 5.02 Å². The van der Waals surface area contributed by atoms with Gasteiger partial charge in [-0.25, -0.2) is 8.42 Å². The van der Waals surface area contributed by atoms with E-state index in [4.69, 9.17) is 11.6 Å². The summed E-state index contributed by atoms with van der Waals surface area (Å²) in [6.07, 6.45) is 0.737. The first kappa shape index (κ1) is 31.2. The van der Waals surface area contributed by atoms with Crippen LogP contribution in [0.4, 0.5) is 5.69 Å². The zero-order valence-electron chi connectivity index (χ0n) is 23.9. The molecule has 9 heteroatoms. The van der Waals surface area contributed by atoms with Crippen molar-refractivity contribution in [2.45, 2.75) is 71.5 Å². The molecule has 0 spiro atoms. The van der Waals surface area contributed by atoms with Crippen LogP contribution in [0.1, 0.15) is 49.4 Å². The summed E-state index contributed by atoms with van der Waals surface area (Å²) < 4.78 is 29.1. The van der Waals surface area contributed by atoms with Gasteiger partial charge in [0, 0.05) is 17.6 Å². The van der Waals surface area contributed by atoms with Crippen LogP contribution in [-0.2, 0) is 26.2 Å². The van der Waals surface area contributed by atoms with E-state index in [1.807, 2.05) is 52.0 Å². The molecule has 0 aliphatic heterocycles. The minimum absolute atomic E-state index is 0.0540. The SMILES string of the molecule is CC[C@H](C)NC(=O)[C@@H](C)N(Cc1ccccc1C)C(=O)CN(c1cccc(Cl)c1C)S(=O)(=O)c1ccc(C)cc1. The van der Waals surface area contributed by atoms with Crippen molar-refractivity contribution in [3.05, 3.63) is 94.0 Å². The molecule has 0 aliphatic rings. The molecule has 0 saturated carbocycles. The zero-order valence-corrected chi connectivity index (χ0v) is 25.5. The van der Waals surface area contributed by atoms with E-state index in [9.17, 15) is 18.0 Å². The van der Waals surface area contributed by atoms with Gasteiger partial charge in [0.25, 0.3) is 10.0 Å². The van der Waals surface area contributed by atoms with E-state index in [0.717, 1.165) is 27.4 Å². The minimum atomic E-state index is -4.16. The highest BCUT2D eigenvalue weighted by atomic mass is 35.5. The van der Waals surface area contributed by atoms with Gasteiger partial charge in [0.05, 0.1) is 10.6 Å². The molecule has 3 aromatic carbocycles. The number of amides is 2. The van der Waals surface area contributed by atoms with Crippen LogP contribution in [0.15, 0.2) is 71.6 Å². The van der Waals surface area contributed by atoms with Gasteiger partial charge in [0.1, 0.15) is 12.6 Å². The van der Waals surface area contributed by atoms with Crippen LogP contribution in [0, 0.1) is 20.8 Å². The maximum atomic E-state index is 14.1. The minimum Gasteiger partial charge on any atom is -0.352 e. The van der Waals surface area contributed by atoms with E-state index < -0.39 is 28.5 Å². The van der Waals surface area contributed by atoms with Crippen molar-refractivity contribution in [3.63, 3.8) is 0 Å². The van der Waals surface area contributed by atoms with E-state index in [-0.39, 0.29) is 23.4 Å². The van der Waals surface area contributed by atoms with Gasteiger partial charge in [-0.3, -0.25) is 13.9 Å². The second kappa shape index (κ2) is 13.3. The second-order valence-electron chi connectivity index (χ2n) is 10.2. The standard InChI is InChI=1S/C31H38ClN3O4S/c1-7-23(4)33-31(37)25(6)34(19-26-12-9-8-11-22(26)3)30(36)20-35(29-14-10-13-28(32)24(29)5)40(38,39)27-17-15-21(2)16-18-27/h8-18,23,25H,7,19-20H2,1-6H3,(H,33,37)/t23-,25+/m0/s1. The average Bonchev–Trinajstić information content (AvgIpc) is 2.92. The van der Waals surface area contributed by atoms with Gasteiger partial charge in [-0.05, 0) is 82.0 Å². The predicted octanol–water partition coefficient (Wildman–Crippen LogP) is 5.79. The molecule has 0 radical (unpaired) electrons. The third-order valence-electron chi connectivity index (χ3n) is 7.17. The average molecular weight is 584 g/mol. The number of benzene rings is 3. The summed E-state index contributed by atoms with van der Waals surface area (Å²) in [7, 11) is -4.16. The molecule has 7 nitrogen and oxygen atoms in total. The molecule has 2 amide bonds. The van der Waals surface area contributed by atoms with Crippen LogP contribution in [0.3, 0.4) is 0 Å². The summed E-state index contributed by atoms with van der Waals surface area (Å²) in [6.45, 7) is 10.7. The molecule has 0 bridgehead atoms. The Hall–Kier alpha value is -3.36. The van der Waals surface area contributed by atoms with Crippen molar-refractivity contribution in [3.8, 4) is 0 Å². The molecule has 3 aromatic rings. The molecule has 2 atom stereocenters. The summed E-state index contributed by atoms with van der Waals surface area (Å²) in [5.74, 6) is -0.812. The maximum Gasteiger partial charge on any atom is 0.264 e. The lowest BCUT2D eigenvalue weighted by Crippen LogP contribution is -2.52. The topological polar surface area (TPSA) is 86.8 Å². The Morgan fingerprint density at radius 2 is 1.57 bits per heavy atom. The highest BCUT2D eigenvalue weighted by Gasteiger charge is 2.33. The number of hydrogen-bond acceptors (Lipinski definition) is 4. The summed E-state index contributed by atoms with van der Waals surface area (Å²) in [5, 5.41) is 3.33. The third-order valence-corrected chi connectivity index (χ3v) is 9.35. The van der Waals surface area contributed by atoms with Crippen molar-refractivity contribution in [1.82, 2.24) is 10.2 Å². The molecular formula is C31H38ClN3O4S. The van der Waals surface area contributed by atoms with Crippen molar-refractivity contribution in [2.75, 3.05) is 10.8 Å². The maximum absolute atomic E-state index is 14.1. The number of aryl methyl sites for hydroxylation is 2. The predicted molar refractivity (Wildman–Crippen MR) is 161 cm³/mol. The Kier molecular flexibility index (Phi) is 10.4. The van der Waals surface area contributed by atoms with Gasteiger partial charge in [-0.1, -0.05) is 66.6 Å². The Morgan fingerprint density at radius 3 is 2.20 bits per heavy atom. The summed E-state index contributed by atoms with van der Waals surface area (Å²) >= 11 is 6.38. The fraction of sp³-hybridized carbons (Fsp3) is 0.355. The van der Waals surface area contributed by atoms with Crippen LogP contribution in [0.5, 0.6) is 0 Å². The quantitative estimate of drug-likeness (QED) is 0.309. The molecular weight excluding hydrogens is 546 g/mol. The largest absolute Gasteiger partial charge is 0.352 e. The van der Waals surface area contributed by atoms with Crippen LogP contribution in [-0.4, -0.2) is 43.8 Å². The van der Waals surface area contributed by atoms with Gasteiger partial charge in [0.15, 0.2) is 0 Å². The van der Waals surface area contributed by atoms with Gasteiger partial charge >= 0.3 is 0 Å². The molecule has 0 saturated heterocycles. The molecule has 1 N–H and O–H groups in total. The molecule has 214 valence electrons. The Balaban J connectivity index is 2.08. The van der Waals surface area contributed by atoms with Gasteiger partial charge in [0.2, 0.25) is 11.8 Å². The number of carbonyl (C=O) groups excluding carboxylic acids is 2. The van der Waals surface area contributed by atoms with Gasteiger partial charge in [-0.15, -0.1) is 0 Å². The third kappa shape index (κ3) is 7.23. The first-order valence-corrected chi connectivity index (χ1v) is 15.2. The van der Waals surface area contributed by atoms with Crippen LogP contribution < -0.4 is 9.62 Å². The Labute approximate surface area is 243 Å². The monoisotopic (exact) mass is 583 g/mol. The fourth-order valence-electron chi connectivity index (χ4n) is 4.24.